The summed E-state index contributed by atoms with van der Waals surface area (Å²) in [6.07, 6.45) is 3.44. The van der Waals surface area contributed by atoms with Gasteiger partial charge in [-0.3, -0.25) is 14.4 Å². The number of piperidine rings is 1. The van der Waals surface area contributed by atoms with Crippen molar-refractivity contribution in [3.63, 3.8) is 0 Å². The fourth-order valence-corrected chi connectivity index (χ4v) is 3.91. The molecule has 2 N–H and O–H groups in total. The molecule has 0 aliphatic carbocycles. The lowest BCUT2D eigenvalue weighted by Gasteiger charge is -2.29. The molecule has 6 heteroatoms. The maximum atomic E-state index is 12.5. The average molecular weight is 405 g/mol. The molecule has 2 heterocycles. The molecule has 6 nitrogen and oxygen atoms in total. The number of amides is 1. The Morgan fingerprint density at radius 1 is 1.10 bits per heavy atom. The summed E-state index contributed by atoms with van der Waals surface area (Å²) < 4.78 is 1.93. The lowest BCUT2D eigenvalue weighted by atomic mass is 10.1. The van der Waals surface area contributed by atoms with E-state index in [0.717, 1.165) is 36.2 Å². The summed E-state index contributed by atoms with van der Waals surface area (Å²) in [4.78, 5) is 14.5. The van der Waals surface area contributed by atoms with Crippen molar-refractivity contribution < 1.29 is 9.90 Å². The van der Waals surface area contributed by atoms with E-state index in [4.69, 9.17) is 5.10 Å². The Morgan fingerprint density at radius 2 is 1.83 bits per heavy atom. The zero-order valence-electron chi connectivity index (χ0n) is 17.1. The highest BCUT2D eigenvalue weighted by atomic mass is 16.3. The van der Waals surface area contributed by atoms with Crippen LogP contribution in [0.3, 0.4) is 0 Å². The highest BCUT2D eigenvalue weighted by Crippen LogP contribution is 2.22. The van der Waals surface area contributed by atoms with Gasteiger partial charge in [0.25, 0.3) is 0 Å². The van der Waals surface area contributed by atoms with Crippen molar-refractivity contribution in [2.45, 2.75) is 32.0 Å². The van der Waals surface area contributed by atoms with Gasteiger partial charge < -0.3 is 10.4 Å². The molecule has 0 saturated carbocycles. The van der Waals surface area contributed by atoms with Crippen LogP contribution in [0.2, 0.25) is 0 Å². The first-order valence-corrected chi connectivity index (χ1v) is 10.5. The molecule has 1 aliphatic rings. The van der Waals surface area contributed by atoms with Crippen LogP contribution in [0.15, 0.2) is 66.9 Å². The average Bonchev–Trinajstić information content (AvgIpc) is 3.16. The first kappa shape index (κ1) is 20.3. The second-order valence-corrected chi connectivity index (χ2v) is 7.86. The van der Waals surface area contributed by atoms with Gasteiger partial charge in [0.05, 0.1) is 24.9 Å². The quantitative estimate of drug-likeness (QED) is 0.635. The molecule has 2 aromatic carbocycles. The summed E-state index contributed by atoms with van der Waals surface area (Å²) in [6, 6.07) is 20.3. The van der Waals surface area contributed by atoms with Crippen LogP contribution in [0, 0.1) is 0 Å². The van der Waals surface area contributed by atoms with Crippen LogP contribution in [0.5, 0.6) is 0 Å². The summed E-state index contributed by atoms with van der Waals surface area (Å²) >= 11 is 0. The molecule has 3 aromatic rings. The molecule has 1 fully saturated rings. The Hall–Kier alpha value is -2.96. The van der Waals surface area contributed by atoms with Crippen molar-refractivity contribution >= 4 is 5.91 Å². The zero-order valence-corrected chi connectivity index (χ0v) is 17.1. The van der Waals surface area contributed by atoms with Gasteiger partial charge in [-0.05, 0) is 24.9 Å². The van der Waals surface area contributed by atoms with Gasteiger partial charge in [-0.25, -0.2) is 0 Å². The van der Waals surface area contributed by atoms with E-state index >= 15 is 0 Å². The molecular formula is C24H28N4O2. The Labute approximate surface area is 177 Å². The fourth-order valence-electron chi connectivity index (χ4n) is 3.91. The Morgan fingerprint density at radius 3 is 2.57 bits per heavy atom. The van der Waals surface area contributed by atoms with Crippen LogP contribution in [-0.2, 0) is 17.9 Å². The molecule has 1 amide bonds. The molecule has 0 spiro atoms. The van der Waals surface area contributed by atoms with Crippen LogP contribution in [0.25, 0.3) is 11.3 Å². The van der Waals surface area contributed by atoms with Gasteiger partial charge >= 0.3 is 0 Å². The number of benzene rings is 2. The Bertz CT molecular complexity index is 956. The lowest BCUT2D eigenvalue weighted by molar-refractivity contribution is -0.123. The first-order chi connectivity index (χ1) is 14.7. The first-order valence-electron chi connectivity index (χ1n) is 10.5. The molecule has 1 saturated heterocycles. The molecule has 1 atom stereocenters. The van der Waals surface area contributed by atoms with Gasteiger partial charge in [0, 0.05) is 30.4 Å². The number of nitrogens with zero attached hydrogens (tertiary/aromatic N) is 3. The summed E-state index contributed by atoms with van der Waals surface area (Å²) in [5.74, 6) is -0.0288. The third-order valence-corrected chi connectivity index (χ3v) is 5.40. The van der Waals surface area contributed by atoms with Crippen molar-refractivity contribution in [1.82, 2.24) is 20.0 Å². The third kappa shape index (κ3) is 5.34. The van der Waals surface area contributed by atoms with Gasteiger partial charge in [0.15, 0.2) is 0 Å². The number of carbonyl (C=O) groups is 1. The van der Waals surface area contributed by atoms with Crippen molar-refractivity contribution in [2.24, 2.45) is 0 Å². The summed E-state index contributed by atoms with van der Waals surface area (Å²) in [5, 5.41) is 17.6. The number of carbonyl (C=O) groups excluding carboxylic acids is 1. The largest absolute Gasteiger partial charge is 0.392 e. The smallest absolute Gasteiger partial charge is 0.234 e. The molecule has 156 valence electrons. The fraction of sp³-hybridized carbons (Fsp3) is 0.333. The number of aromatic nitrogens is 2. The van der Waals surface area contributed by atoms with E-state index in [0.29, 0.717) is 26.2 Å². The maximum Gasteiger partial charge on any atom is 0.234 e. The number of aliphatic hydroxyl groups is 1. The summed E-state index contributed by atoms with van der Waals surface area (Å²) in [7, 11) is 0. The summed E-state index contributed by atoms with van der Waals surface area (Å²) in [6.45, 7) is 2.84. The van der Waals surface area contributed by atoms with Gasteiger partial charge in [0.1, 0.15) is 0 Å². The topological polar surface area (TPSA) is 70.4 Å². The van der Waals surface area contributed by atoms with Crippen LogP contribution < -0.4 is 5.32 Å². The van der Waals surface area contributed by atoms with Crippen molar-refractivity contribution in [2.75, 3.05) is 19.6 Å². The minimum atomic E-state index is -0.326. The molecule has 1 aliphatic heterocycles. The maximum absolute atomic E-state index is 12.5. The monoisotopic (exact) mass is 404 g/mol. The molecule has 0 bridgehead atoms. The number of aliphatic hydroxyl groups excluding tert-OH is 1. The molecule has 1 unspecified atom stereocenters. The highest BCUT2D eigenvalue weighted by Gasteiger charge is 2.20. The van der Waals surface area contributed by atoms with E-state index in [9.17, 15) is 9.90 Å². The number of rotatable bonds is 7. The number of hydrogen-bond acceptors (Lipinski definition) is 4. The normalized spacial score (nSPS) is 17.0. The van der Waals surface area contributed by atoms with Crippen molar-refractivity contribution in [3.8, 4) is 11.3 Å². The van der Waals surface area contributed by atoms with E-state index in [1.165, 1.54) is 5.56 Å². The van der Waals surface area contributed by atoms with E-state index in [1.54, 1.807) is 0 Å². The second-order valence-electron chi connectivity index (χ2n) is 7.86. The van der Waals surface area contributed by atoms with E-state index in [1.807, 2.05) is 64.3 Å². The third-order valence-electron chi connectivity index (χ3n) is 5.40. The minimum absolute atomic E-state index is 0.0288. The lowest BCUT2D eigenvalue weighted by Crippen LogP contribution is -2.44. The summed E-state index contributed by atoms with van der Waals surface area (Å²) in [5.41, 5.74) is 4.09. The van der Waals surface area contributed by atoms with Gasteiger partial charge in [-0.1, -0.05) is 60.7 Å². The van der Waals surface area contributed by atoms with Crippen molar-refractivity contribution in [1.29, 1.82) is 0 Å². The van der Waals surface area contributed by atoms with E-state index in [-0.39, 0.29) is 12.0 Å². The standard InChI is InChI=1S/C24H28N4O2/c29-22-12-7-13-27(17-22)18-23(30)25-14-21-16-28(15-19-8-3-1-4-9-19)26-24(21)20-10-5-2-6-11-20/h1-6,8-11,16,22,29H,7,12-15,17-18H2,(H,25,30). The minimum Gasteiger partial charge on any atom is -0.392 e. The predicted octanol–water partition coefficient (Wildman–Crippen LogP) is 2.67. The Balaban J connectivity index is 1.46. The molecule has 4 rings (SSSR count). The van der Waals surface area contributed by atoms with E-state index in [2.05, 4.69) is 17.4 Å². The van der Waals surface area contributed by atoms with Gasteiger partial charge in [0.2, 0.25) is 5.91 Å². The van der Waals surface area contributed by atoms with Gasteiger partial charge in [-0.2, -0.15) is 5.10 Å². The van der Waals surface area contributed by atoms with Crippen LogP contribution in [0.4, 0.5) is 0 Å². The van der Waals surface area contributed by atoms with E-state index < -0.39 is 0 Å². The molecular weight excluding hydrogens is 376 g/mol. The SMILES string of the molecule is O=C(CN1CCCC(O)C1)NCc1cn(Cc2ccccc2)nc1-c1ccccc1. The number of nitrogens with one attached hydrogen (secondary N) is 1. The molecule has 1 aromatic heterocycles. The van der Waals surface area contributed by atoms with Crippen LogP contribution in [-0.4, -0.2) is 51.4 Å². The Kier molecular flexibility index (Phi) is 6.57. The molecule has 0 radical (unpaired) electrons. The van der Waals surface area contributed by atoms with Crippen LogP contribution >= 0.6 is 0 Å². The highest BCUT2D eigenvalue weighted by molar-refractivity contribution is 5.78. The second kappa shape index (κ2) is 9.69. The number of hydrogen-bond donors (Lipinski definition) is 2. The predicted molar refractivity (Wildman–Crippen MR) is 117 cm³/mol. The number of β-amino-alcohol motifs (C(OH)–C–C–N with tert-alkyl or cyclic N) is 1. The van der Waals surface area contributed by atoms with Crippen LogP contribution in [0.1, 0.15) is 24.0 Å². The van der Waals surface area contributed by atoms with Gasteiger partial charge in [-0.15, -0.1) is 0 Å². The molecule has 30 heavy (non-hydrogen) atoms. The number of likely N-dealkylation sites (tertiary alicyclic amines) is 1. The van der Waals surface area contributed by atoms with Crippen molar-refractivity contribution in [3.05, 3.63) is 78.0 Å². The zero-order chi connectivity index (χ0) is 20.8.